The molecule has 1 aliphatic rings. The first-order valence-electron chi connectivity index (χ1n) is 12.8. The van der Waals surface area contributed by atoms with Gasteiger partial charge in [0.15, 0.2) is 5.82 Å². The number of halogens is 1. The van der Waals surface area contributed by atoms with Crippen molar-refractivity contribution in [3.05, 3.63) is 78.6 Å². The van der Waals surface area contributed by atoms with Crippen molar-refractivity contribution in [2.45, 2.75) is 25.8 Å². The van der Waals surface area contributed by atoms with Crippen molar-refractivity contribution < 1.29 is 4.39 Å². The van der Waals surface area contributed by atoms with Crippen LogP contribution in [0.2, 0.25) is 0 Å². The molecule has 8 nitrogen and oxygen atoms in total. The van der Waals surface area contributed by atoms with Gasteiger partial charge in [0.2, 0.25) is 0 Å². The lowest BCUT2D eigenvalue weighted by molar-refractivity contribution is 0.220. The lowest BCUT2D eigenvalue weighted by atomic mass is 10.0. The van der Waals surface area contributed by atoms with E-state index in [0.717, 1.165) is 36.3 Å². The average Bonchev–Trinajstić information content (AvgIpc) is 3.59. The maximum absolute atomic E-state index is 16.2. The van der Waals surface area contributed by atoms with Gasteiger partial charge >= 0.3 is 0 Å². The number of nitrogens with zero attached hydrogens (tertiary/aromatic N) is 6. The topological polar surface area (TPSA) is 99.3 Å². The molecule has 0 bridgehead atoms. The molecular weight excluding hydrogens is 479 g/mol. The lowest BCUT2D eigenvalue weighted by Crippen LogP contribution is -2.29. The fourth-order valence-corrected chi connectivity index (χ4v) is 5.30. The average molecular weight is 505 g/mol. The Labute approximate surface area is 218 Å². The number of H-pyrrole nitrogens is 2. The van der Waals surface area contributed by atoms with E-state index in [9.17, 15) is 0 Å². The van der Waals surface area contributed by atoms with E-state index in [1.165, 1.54) is 19.3 Å². The molecule has 6 heterocycles. The van der Waals surface area contributed by atoms with Crippen molar-refractivity contribution in [3.63, 3.8) is 0 Å². The Morgan fingerprint density at radius 2 is 1.82 bits per heavy atom. The van der Waals surface area contributed by atoms with Crippen LogP contribution in [-0.2, 0) is 6.54 Å². The van der Waals surface area contributed by atoms with E-state index in [4.69, 9.17) is 4.98 Å². The highest BCUT2D eigenvalue weighted by molar-refractivity contribution is 5.97. The number of piperidine rings is 1. The summed E-state index contributed by atoms with van der Waals surface area (Å²) < 4.78 is 16.2. The number of rotatable bonds is 5. The largest absolute Gasteiger partial charge is 0.336 e. The molecular formula is C29H25FN8. The summed E-state index contributed by atoms with van der Waals surface area (Å²) in [6.45, 7) is 3.02. The molecule has 0 amide bonds. The number of hydrogen-bond acceptors (Lipinski definition) is 6. The Hall–Kier alpha value is -4.50. The van der Waals surface area contributed by atoms with E-state index in [0.29, 0.717) is 44.9 Å². The summed E-state index contributed by atoms with van der Waals surface area (Å²) in [5.74, 6) is 0.108. The number of aromatic amines is 2. The molecule has 0 spiro atoms. The van der Waals surface area contributed by atoms with Crippen molar-refractivity contribution in [3.8, 4) is 34.0 Å². The number of likely N-dealkylation sites (tertiary alicyclic amines) is 1. The molecule has 1 aromatic carbocycles. The number of imidazole rings is 1. The van der Waals surface area contributed by atoms with Crippen LogP contribution in [0.15, 0.2) is 67.3 Å². The molecule has 7 rings (SSSR count). The van der Waals surface area contributed by atoms with E-state index in [-0.39, 0.29) is 5.82 Å². The van der Waals surface area contributed by atoms with Crippen LogP contribution in [-0.4, -0.2) is 53.1 Å². The van der Waals surface area contributed by atoms with Crippen molar-refractivity contribution in [1.29, 1.82) is 0 Å². The van der Waals surface area contributed by atoms with Crippen molar-refractivity contribution in [1.82, 2.24) is 40.0 Å². The van der Waals surface area contributed by atoms with E-state index in [2.05, 4.69) is 35.0 Å². The SMILES string of the molecule is Fc1c(-c2cncc(CN3CCCCC3)c2)ccc2[nH]nc(-c3nc4c(-c5ccccn5)nccc4[nH]3)c12. The molecule has 2 N–H and O–H groups in total. The second kappa shape index (κ2) is 9.42. The van der Waals surface area contributed by atoms with Crippen LogP contribution in [0, 0.1) is 5.82 Å². The van der Waals surface area contributed by atoms with Crippen molar-refractivity contribution >= 4 is 21.9 Å². The molecule has 6 aromatic rings. The minimum Gasteiger partial charge on any atom is -0.336 e. The summed E-state index contributed by atoms with van der Waals surface area (Å²) in [4.78, 5) is 23.9. The van der Waals surface area contributed by atoms with Gasteiger partial charge in [-0.3, -0.25) is 25.0 Å². The van der Waals surface area contributed by atoms with E-state index < -0.39 is 0 Å². The molecule has 0 radical (unpaired) electrons. The Balaban J connectivity index is 1.29. The van der Waals surface area contributed by atoms with Crippen LogP contribution < -0.4 is 0 Å². The Kier molecular flexibility index (Phi) is 5.62. The van der Waals surface area contributed by atoms with Crippen LogP contribution >= 0.6 is 0 Å². The Bertz CT molecular complexity index is 1750. The number of pyridine rings is 3. The number of nitrogens with one attached hydrogen (secondary N) is 2. The molecule has 0 saturated carbocycles. The van der Waals surface area contributed by atoms with Gasteiger partial charge in [-0.1, -0.05) is 12.5 Å². The maximum atomic E-state index is 16.2. The molecule has 0 atom stereocenters. The molecule has 1 saturated heterocycles. The molecule has 0 aliphatic carbocycles. The predicted molar refractivity (Wildman–Crippen MR) is 145 cm³/mol. The first kappa shape index (κ1) is 22.7. The van der Waals surface area contributed by atoms with Crippen molar-refractivity contribution in [2.75, 3.05) is 13.1 Å². The second-order valence-corrected chi connectivity index (χ2v) is 9.70. The zero-order valence-corrected chi connectivity index (χ0v) is 20.7. The molecule has 38 heavy (non-hydrogen) atoms. The quantitative estimate of drug-likeness (QED) is 0.310. The smallest absolute Gasteiger partial charge is 0.159 e. The summed E-state index contributed by atoms with van der Waals surface area (Å²) in [7, 11) is 0. The third-order valence-electron chi connectivity index (χ3n) is 7.16. The molecule has 9 heteroatoms. The summed E-state index contributed by atoms with van der Waals surface area (Å²) in [6, 6.07) is 13.2. The van der Waals surface area contributed by atoms with Crippen LogP contribution in [0.1, 0.15) is 24.8 Å². The summed E-state index contributed by atoms with van der Waals surface area (Å²) >= 11 is 0. The third kappa shape index (κ3) is 4.01. The first-order valence-corrected chi connectivity index (χ1v) is 12.8. The summed E-state index contributed by atoms with van der Waals surface area (Å²) in [5, 5.41) is 7.78. The van der Waals surface area contributed by atoms with Crippen LogP contribution in [0.25, 0.3) is 56.0 Å². The normalized spacial score (nSPS) is 14.4. The number of aromatic nitrogens is 7. The zero-order chi connectivity index (χ0) is 25.5. The number of benzene rings is 1. The monoisotopic (exact) mass is 504 g/mol. The van der Waals surface area contributed by atoms with Gasteiger partial charge in [-0.25, -0.2) is 9.37 Å². The van der Waals surface area contributed by atoms with Crippen LogP contribution in [0.3, 0.4) is 0 Å². The minimum atomic E-state index is -0.355. The van der Waals surface area contributed by atoms with E-state index >= 15 is 4.39 Å². The minimum absolute atomic E-state index is 0.355. The lowest BCUT2D eigenvalue weighted by Gasteiger charge is -2.26. The highest BCUT2D eigenvalue weighted by Crippen LogP contribution is 2.35. The zero-order valence-electron chi connectivity index (χ0n) is 20.7. The van der Waals surface area contributed by atoms with Gasteiger partial charge in [0.25, 0.3) is 0 Å². The van der Waals surface area contributed by atoms with E-state index in [1.54, 1.807) is 24.7 Å². The molecule has 1 aliphatic heterocycles. The van der Waals surface area contributed by atoms with Gasteiger partial charge in [0.1, 0.15) is 22.7 Å². The second-order valence-electron chi connectivity index (χ2n) is 9.70. The van der Waals surface area contributed by atoms with Gasteiger partial charge in [-0.15, -0.1) is 0 Å². The van der Waals surface area contributed by atoms with Gasteiger partial charge in [0.05, 0.1) is 22.1 Å². The van der Waals surface area contributed by atoms with Gasteiger partial charge < -0.3 is 4.98 Å². The highest BCUT2D eigenvalue weighted by atomic mass is 19.1. The van der Waals surface area contributed by atoms with Gasteiger partial charge in [-0.05, 0) is 67.9 Å². The molecule has 0 unspecified atom stereocenters. The maximum Gasteiger partial charge on any atom is 0.159 e. The van der Waals surface area contributed by atoms with Crippen molar-refractivity contribution in [2.24, 2.45) is 0 Å². The molecule has 5 aromatic heterocycles. The number of fused-ring (bicyclic) bond motifs is 2. The van der Waals surface area contributed by atoms with Crippen LogP contribution in [0.4, 0.5) is 4.39 Å². The summed E-state index contributed by atoms with van der Waals surface area (Å²) in [6.07, 6.45) is 10.8. The fourth-order valence-electron chi connectivity index (χ4n) is 5.30. The standard InChI is InChI=1S/C29H25FN8/c30-25-20(19-14-18(15-31-16-19)17-38-12-4-1-5-13-38)7-8-21-24(25)28(37-36-21)29-34-23-9-11-33-26(27(23)35-29)22-6-2-3-10-32-22/h2-3,6-11,14-16H,1,4-5,12-13,17H2,(H,34,35)(H,36,37). The van der Waals surface area contributed by atoms with Gasteiger partial charge in [-0.2, -0.15) is 5.10 Å². The Morgan fingerprint density at radius 3 is 2.68 bits per heavy atom. The van der Waals surface area contributed by atoms with Crippen LogP contribution in [0.5, 0.6) is 0 Å². The molecule has 188 valence electrons. The molecule has 1 fully saturated rings. The summed E-state index contributed by atoms with van der Waals surface area (Å²) in [5.41, 5.74) is 6.14. The highest BCUT2D eigenvalue weighted by Gasteiger charge is 2.21. The third-order valence-corrected chi connectivity index (χ3v) is 7.16. The predicted octanol–water partition coefficient (Wildman–Crippen LogP) is 5.75. The fraction of sp³-hybridized carbons (Fsp3) is 0.207. The Morgan fingerprint density at radius 1 is 0.895 bits per heavy atom. The van der Waals surface area contributed by atoms with Gasteiger partial charge in [0, 0.05) is 42.5 Å². The van der Waals surface area contributed by atoms with E-state index in [1.807, 2.05) is 42.6 Å². The number of hydrogen-bond donors (Lipinski definition) is 2. The first-order chi connectivity index (χ1) is 18.7.